The van der Waals surface area contributed by atoms with Gasteiger partial charge in [-0.25, -0.2) is 0 Å². The maximum atomic E-state index is 12.5. The molecule has 1 aromatic heterocycles. The molecular formula is C17H21ClN2OS2. The highest BCUT2D eigenvalue weighted by molar-refractivity contribution is 7.98. The normalized spacial score (nSPS) is 17.3. The second-order valence-electron chi connectivity index (χ2n) is 5.38. The molecule has 1 aliphatic rings. The second kappa shape index (κ2) is 9.33. The van der Waals surface area contributed by atoms with E-state index in [9.17, 15) is 4.79 Å². The van der Waals surface area contributed by atoms with Crippen molar-refractivity contribution < 1.29 is 4.79 Å². The monoisotopic (exact) mass is 368 g/mol. The van der Waals surface area contributed by atoms with E-state index in [1.807, 2.05) is 24.3 Å². The van der Waals surface area contributed by atoms with Crippen molar-refractivity contribution in [3.05, 3.63) is 52.2 Å². The van der Waals surface area contributed by atoms with Crippen LogP contribution in [0.1, 0.15) is 28.1 Å². The number of hydrogen-bond acceptors (Lipinski definition) is 4. The Morgan fingerprint density at radius 3 is 2.91 bits per heavy atom. The maximum Gasteiger partial charge on any atom is 0.252 e. The van der Waals surface area contributed by atoms with Crippen LogP contribution >= 0.6 is 35.5 Å². The third-order valence-electron chi connectivity index (χ3n) is 3.71. The van der Waals surface area contributed by atoms with Gasteiger partial charge in [0.15, 0.2) is 0 Å². The fraction of sp³-hybridized carbons (Fsp3) is 0.353. The molecule has 6 heteroatoms. The number of amides is 1. The first-order valence-corrected chi connectivity index (χ1v) is 9.45. The summed E-state index contributed by atoms with van der Waals surface area (Å²) < 4.78 is 0. The van der Waals surface area contributed by atoms with Gasteiger partial charge in [0, 0.05) is 28.1 Å². The van der Waals surface area contributed by atoms with Gasteiger partial charge in [-0.15, -0.1) is 35.5 Å². The molecular weight excluding hydrogens is 348 g/mol. The number of carbonyl (C=O) groups is 1. The third kappa shape index (κ3) is 5.24. The molecule has 1 saturated heterocycles. The first-order chi connectivity index (χ1) is 10.8. The van der Waals surface area contributed by atoms with Gasteiger partial charge >= 0.3 is 0 Å². The molecule has 1 unspecified atom stereocenters. The van der Waals surface area contributed by atoms with Crippen LogP contribution in [-0.2, 0) is 5.75 Å². The largest absolute Gasteiger partial charge is 0.348 e. The van der Waals surface area contributed by atoms with E-state index in [1.54, 1.807) is 23.1 Å². The molecule has 0 saturated carbocycles. The topological polar surface area (TPSA) is 41.1 Å². The van der Waals surface area contributed by atoms with E-state index >= 15 is 0 Å². The average Bonchev–Trinajstić information content (AvgIpc) is 3.07. The summed E-state index contributed by atoms with van der Waals surface area (Å²) in [4.78, 5) is 14.9. The summed E-state index contributed by atoms with van der Waals surface area (Å²) in [6.45, 7) is 1.93. The Balaban J connectivity index is 0.00000192. The second-order valence-corrected chi connectivity index (χ2v) is 7.43. The molecule has 2 aromatic rings. The Morgan fingerprint density at radius 2 is 2.17 bits per heavy atom. The number of thioether (sulfide) groups is 1. The van der Waals surface area contributed by atoms with E-state index in [2.05, 4.69) is 28.1 Å². The van der Waals surface area contributed by atoms with Crippen molar-refractivity contribution in [3.8, 4) is 0 Å². The predicted molar refractivity (Wildman–Crippen MR) is 101 cm³/mol. The highest BCUT2D eigenvalue weighted by Gasteiger charge is 2.18. The van der Waals surface area contributed by atoms with E-state index in [4.69, 9.17) is 0 Å². The fourth-order valence-electron chi connectivity index (χ4n) is 2.56. The minimum Gasteiger partial charge on any atom is -0.348 e. The number of hydrogen-bond donors (Lipinski definition) is 2. The lowest BCUT2D eigenvalue weighted by atomic mass is 10.1. The van der Waals surface area contributed by atoms with Crippen LogP contribution in [0.2, 0.25) is 0 Å². The number of halogens is 1. The van der Waals surface area contributed by atoms with E-state index < -0.39 is 0 Å². The van der Waals surface area contributed by atoms with Crippen molar-refractivity contribution in [3.63, 3.8) is 0 Å². The lowest BCUT2D eigenvalue weighted by Gasteiger charge is -2.24. The Morgan fingerprint density at radius 1 is 1.30 bits per heavy atom. The van der Waals surface area contributed by atoms with E-state index in [1.165, 1.54) is 4.88 Å². The zero-order valence-electron chi connectivity index (χ0n) is 12.8. The predicted octanol–water partition coefficient (Wildman–Crippen LogP) is 3.94. The van der Waals surface area contributed by atoms with Crippen LogP contribution in [0.15, 0.2) is 46.7 Å². The van der Waals surface area contributed by atoms with Crippen LogP contribution in [0, 0.1) is 0 Å². The van der Waals surface area contributed by atoms with Crippen molar-refractivity contribution in [2.75, 3.05) is 13.1 Å². The van der Waals surface area contributed by atoms with Crippen molar-refractivity contribution in [1.29, 1.82) is 0 Å². The highest BCUT2D eigenvalue weighted by Crippen LogP contribution is 2.28. The molecule has 23 heavy (non-hydrogen) atoms. The summed E-state index contributed by atoms with van der Waals surface area (Å²) in [6, 6.07) is 12.3. The van der Waals surface area contributed by atoms with Crippen molar-refractivity contribution in [2.45, 2.75) is 29.5 Å². The number of piperidine rings is 1. The lowest BCUT2D eigenvalue weighted by molar-refractivity contribution is 0.0927. The van der Waals surface area contributed by atoms with Gasteiger partial charge in [0.1, 0.15) is 0 Å². The molecule has 0 bridgehead atoms. The van der Waals surface area contributed by atoms with E-state index in [0.29, 0.717) is 0 Å². The van der Waals surface area contributed by atoms with Crippen LogP contribution < -0.4 is 10.6 Å². The Labute approximate surface area is 151 Å². The van der Waals surface area contributed by atoms with Crippen molar-refractivity contribution >= 4 is 41.4 Å². The van der Waals surface area contributed by atoms with Gasteiger partial charge in [0.2, 0.25) is 0 Å². The number of carbonyl (C=O) groups excluding carboxylic acids is 1. The van der Waals surface area contributed by atoms with E-state index in [-0.39, 0.29) is 24.4 Å². The Kier molecular flexibility index (Phi) is 7.43. The van der Waals surface area contributed by atoms with Gasteiger partial charge in [-0.2, -0.15) is 0 Å². The SMILES string of the molecule is Cl.O=C(NC1CCCNC1)c1ccccc1SCc1cccs1. The molecule has 2 heterocycles. The zero-order valence-corrected chi connectivity index (χ0v) is 15.2. The molecule has 124 valence electrons. The minimum atomic E-state index is 0. The summed E-state index contributed by atoms with van der Waals surface area (Å²) in [7, 11) is 0. The molecule has 3 nitrogen and oxygen atoms in total. The number of nitrogens with one attached hydrogen (secondary N) is 2. The highest BCUT2D eigenvalue weighted by atomic mass is 35.5. The first-order valence-electron chi connectivity index (χ1n) is 7.59. The van der Waals surface area contributed by atoms with Crippen LogP contribution in [0.3, 0.4) is 0 Å². The molecule has 1 fully saturated rings. The van der Waals surface area contributed by atoms with Gasteiger partial charge in [0.05, 0.1) is 5.56 Å². The molecule has 0 spiro atoms. The molecule has 0 radical (unpaired) electrons. The quantitative estimate of drug-likeness (QED) is 0.785. The summed E-state index contributed by atoms with van der Waals surface area (Å²) in [5.74, 6) is 0.954. The molecule has 3 rings (SSSR count). The summed E-state index contributed by atoms with van der Waals surface area (Å²) in [5.41, 5.74) is 0.787. The zero-order chi connectivity index (χ0) is 15.2. The van der Waals surface area contributed by atoms with Gasteiger partial charge in [-0.05, 0) is 43.0 Å². The van der Waals surface area contributed by atoms with Gasteiger partial charge in [-0.1, -0.05) is 18.2 Å². The van der Waals surface area contributed by atoms with Gasteiger partial charge in [-0.3, -0.25) is 4.79 Å². The van der Waals surface area contributed by atoms with Crippen LogP contribution in [0.25, 0.3) is 0 Å². The molecule has 1 amide bonds. The molecule has 0 aliphatic carbocycles. The molecule has 1 atom stereocenters. The summed E-state index contributed by atoms with van der Waals surface area (Å²) in [6.07, 6.45) is 2.18. The third-order valence-corrected chi connectivity index (χ3v) is 5.90. The van der Waals surface area contributed by atoms with Gasteiger partial charge < -0.3 is 10.6 Å². The number of benzene rings is 1. The summed E-state index contributed by atoms with van der Waals surface area (Å²) >= 11 is 3.48. The van der Waals surface area contributed by atoms with Gasteiger partial charge in [0.25, 0.3) is 5.91 Å². The Hall–Kier alpha value is -1.01. The van der Waals surface area contributed by atoms with Crippen molar-refractivity contribution in [2.24, 2.45) is 0 Å². The van der Waals surface area contributed by atoms with Crippen LogP contribution in [0.4, 0.5) is 0 Å². The standard InChI is InChI=1S/C17H20N2OS2.ClH/c20-17(19-13-5-3-9-18-11-13)15-7-1-2-8-16(15)22-12-14-6-4-10-21-14;/h1-2,4,6-8,10,13,18H,3,5,9,11-12H2,(H,19,20);1H. The lowest BCUT2D eigenvalue weighted by Crippen LogP contribution is -2.45. The average molecular weight is 369 g/mol. The van der Waals surface area contributed by atoms with Crippen LogP contribution in [0.5, 0.6) is 0 Å². The number of thiophene rings is 1. The molecule has 1 aliphatic heterocycles. The van der Waals surface area contributed by atoms with Crippen molar-refractivity contribution in [1.82, 2.24) is 10.6 Å². The number of rotatable bonds is 5. The molecule has 2 N–H and O–H groups in total. The summed E-state index contributed by atoms with van der Waals surface area (Å²) in [5, 5.41) is 8.58. The van der Waals surface area contributed by atoms with Crippen LogP contribution in [-0.4, -0.2) is 25.0 Å². The molecule has 1 aromatic carbocycles. The van der Waals surface area contributed by atoms with E-state index in [0.717, 1.165) is 42.1 Å². The first kappa shape index (κ1) is 18.3. The fourth-order valence-corrected chi connectivity index (χ4v) is 4.38. The maximum absolute atomic E-state index is 12.5. The smallest absolute Gasteiger partial charge is 0.252 e. The Bertz CT molecular complexity index is 613. The minimum absolute atomic E-state index is 0.